The second-order valence-corrected chi connectivity index (χ2v) is 4.77. The zero-order chi connectivity index (χ0) is 11.7. The quantitative estimate of drug-likeness (QED) is 0.746. The van der Waals surface area contributed by atoms with Crippen molar-refractivity contribution < 1.29 is 0 Å². The molecule has 84 valence electrons. The van der Waals surface area contributed by atoms with Gasteiger partial charge in [0.2, 0.25) is 0 Å². The number of nitrogens with two attached hydrogens (primary N) is 1. The molecule has 1 atom stereocenters. The zero-order valence-corrected chi connectivity index (χ0v) is 10.0. The predicted octanol–water partition coefficient (Wildman–Crippen LogP) is 3.34. The molecule has 0 aliphatic heterocycles. The van der Waals surface area contributed by atoms with E-state index in [-0.39, 0.29) is 6.04 Å². The highest BCUT2D eigenvalue weighted by atomic mass is 32.1. The Kier molecular flexibility index (Phi) is 2.63. The molecular weight excluding hydrogens is 228 g/mol. The van der Waals surface area contributed by atoms with Crippen LogP contribution >= 0.6 is 11.3 Å². The average Bonchev–Trinajstić information content (AvgIpc) is 2.91. The Balaban J connectivity index is 2.06. The summed E-state index contributed by atoms with van der Waals surface area (Å²) in [6.45, 7) is 0. The molecule has 1 aromatic carbocycles. The van der Waals surface area contributed by atoms with Gasteiger partial charge in [-0.3, -0.25) is 4.98 Å². The summed E-state index contributed by atoms with van der Waals surface area (Å²) in [5.74, 6) is 0. The van der Waals surface area contributed by atoms with Crippen LogP contribution in [0.25, 0.3) is 10.9 Å². The molecule has 3 aromatic rings. The van der Waals surface area contributed by atoms with Crippen LogP contribution in [0.15, 0.2) is 53.4 Å². The van der Waals surface area contributed by atoms with E-state index in [1.54, 1.807) is 11.3 Å². The fourth-order valence-corrected chi connectivity index (χ4v) is 2.62. The predicted molar refractivity (Wildman–Crippen MR) is 72.1 cm³/mol. The van der Waals surface area contributed by atoms with Crippen molar-refractivity contribution >= 4 is 22.2 Å². The van der Waals surface area contributed by atoms with Crippen molar-refractivity contribution in [1.29, 1.82) is 0 Å². The Hall–Kier alpha value is -1.71. The topological polar surface area (TPSA) is 38.9 Å². The van der Waals surface area contributed by atoms with Gasteiger partial charge in [0, 0.05) is 11.6 Å². The van der Waals surface area contributed by atoms with Gasteiger partial charge >= 0.3 is 0 Å². The number of rotatable bonds is 2. The first-order valence-electron chi connectivity index (χ1n) is 5.47. The fraction of sp³-hybridized carbons (Fsp3) is 0.0714. The van der Waals surface area contributed by atoms with E-state index in [9.17, 15) is 0 Å². The Morgan fingerprint density at radius 2 is 2.06 bits per heavy atom. The number of nitrogens with zero attached hydrogens (tertiary/aromatic N) is 1. The number of fused-ring (bicyclic) bond motifs is 1. The van der Waals surface area contributed by atoms with Crippen LogP contribution in [-0.2, 0) is 0 Å². The molecular formula is C14H12N2S. The Labute approximate surface area is 104 Å². The molecule has 1 unspecified atom stereocenters. The molecule has 3 rings (SSSR count). The number of benzene rings is 1. The molecule has 2 aromatic heterocycles. The molecule has 0 fully saturated rings. The van der Waals surface area contributed by atoms with Gasteiger partial charge in [0.05, 0.1) is 11.6 Å². The Bertz CT molecular complexity index is 632. The Morgan fingerprint density at radius 3 is 2.88 bits per heavy atom. The van der Waals surface area contributed by atoms with Gasteiger partial charge in [0.25, 0.3) is 0 Å². The average molecular weight is 240 g/mol. The number of aromatic nitrogens is 1. The van der Waals surface area contributed by atoms with E-state index in [1.165, 1.54) is 0 Å². The maximum absolute atomic E-state index is 6.23. The van der Waals surface area contributed by atoms with Crippen molar-refractivity contribution in [1.82, 2.24) is 4.98 Å². The highest BCUT2D eigenvalue weighted by molar-refractivity contribution is 7.08. The lowest BCUT2D eigenvalue weighted by atomic mass is 10.0. The second-order valence-electron chi connectivity index (χ2n) is 3.99. The third-order valence-corrected chi connectivity index (χ3v) is 3.59. The van der Waals surface area contributed by atoms with Gasteiger partial charge in [-0.25, -0.2) is 0 Å². The summed E-state index contributed by atoms with van der Waals surface area (Å²) >= 11 is 1.67. The zero-order valence-electron chi connectivity index (χ0n) is 9.21. The molecule has 0 saturated heterocycles. The summed E-state index contributed by atoms with van der Waals surface area (Å²) in [7, 11) is 0. The smallest absolute Gasteiger partial charge is 0.0705 e. The summed E-state index contributed by atoms with van der Waals surface area (Å²) < 4.78 is 0. The van der Waals surface area contributed by atoms with Crippen molar-refractivity contribution in [2.24, 2.45) is 5.73 Å². The van der Waals surface area contributed by atoms with E-state index in [0.717, 1.165) is 22.0 Å². The van der Waals surface area contributed by atoms with Crippen LogP contribution in [0.4, 0.5) is 0 Å². The highest BCUT2D eigenvalue weighted by Gasteiger charge is 2.09. The number of pyridine rings is 1. The van der Waals surface area contributed by atoms with Crippen molar-refractivity contribution in [2.45, 2.75) is 6.04 Å². The van der Waals surface area contributed by atoms with Crippen molar-refractivity contribution in [3.05, 3.63) is 64.5 Å². The normalized spacial score (nSPS) is 12.8. The molecule has 2 N–H and O–H groups in total. The maximum Gasteiger partial charge on any atom is 0.0705 e. The van der Waals surface area contributed by atoms with E-state index >= 15 is 0 Å². The summed E-state index contributed by atoms with van der Waals surface area (Å²) in [6.07, 6.45) is 1.81. The van der Waals surface area contributed by atoms with E-state index < -0.39 is 0 Å². The second kappa shape index (κ2) is 4.28. The first-order valence-corrected chi connectivity index (χ1v) is 6.41. The minimum atomic E-state index is -0.0624. The van der Waals surface area contributed by atoms with Crippen LogP contribution in [0.3, 0.4) is 0 Å². The molecule has 2 heterocycles. The van der Waals surface area contributed by atoms with Crippen molar-refractivity contribution in [3.63, 3.8) is 0 Å². The van der Waals surface area contributed by atoms with Gasteiger partial charge in [0.15, 0.2) is 0 Å². The summed E-state index contributed by atoms with van der Waals surface area (Å²) in [5, 5.41) is 5.29. The standard InChI is InChI=1S/C14H12N2S/c15-14(12-5-7-17-9-12)11-4-3-10-2-1-6-16-13(10)8-11/h1-9,14H,15H2. The van der Waals surface area contributed by atoms with Gasteiger partial charge in [-0.05, 0) is 40.1 Å². The van der Waals surface area contributed by atoms with Crippen LogP contribution in [0.5, 0.6) is 0 Å². The van der Waals surface area contributed by atoms with Gasteiger partial charge in [0.1, 0.15) is 0 Å². The van der Waals surface area contributed by atoms with Crippen LogP contribution < -0.4 is 5.73 Å². The van der Waals surface area contributed by atoms with Crippen molar-refractivity contribution in [2.75, 3.05) is 0 Å². The maximum atomic E-state index is 6.23. The van der Waals surface area contributed by atoms with Crippen LogP contribution in [-0.4, -0.2) is 4.98 Å². The molecule has 0 aliphatic rings. The molecule has 0 spiro atoms. The summed E-state index contributed by atoms with van der Waals surface area (Å²) in [4.78, 5) is 4.35. The minimum Gasteiger partial charge on any atom is -0.320 e. The minimum absolute atomic E-state index is 0.0624. The highest BCUT2D eigenvalue weighted by Crippen LogP contribution is 2.24. The summed E-state index contributed by atoms with van der Waals surface area (Å²) in [6, 6.07) is 12.2. The molecule has 2 nitrogen and oxygen atoms in total. The number of hydrogen-bond donors (Lipinski definition) is 1. The van der Waals surface area contributed by atoms with Gasteiger partial charge in [-0.15, -0.1) is 0 Å². The lowest BCUT2D eigenvalue weighted by molar-refractivity contribution is 0.878. The first-order chi connectivity index (χ1) is 8.34. The van der Waals surface area contributed by atoms with Gasteiger partial charge in [-0.2, -0.15) is 11.3 Å². The fourth-order valence-electron chi connectivity index (χ4n) is 1.92. The lowest BCUT2D eigenvalue weighted by Gasteiger charge is -2.11. The molecule has 0 bridgehead atoms. The van der Waals surface area contributed by atoms with E-state index in [1.807, 2.05) is 12.3 Å². The third kappa shape index (κ3) is 1.95. The van der Waals surface area contributed by atoms with E-state index in [0.29, 0.717) is 0 Å². The van der Waals surface area contributed by atoms with E-state index in [2.05, 4.69) is 46.1 Å². The number of hydrogen-bond acceptors (Lipinski definition) is 3. The van der Waals surface area contributed by atoms with Crippen molar-refractivity contribution in [3.8, 4) is 0 Å². The molecule has 0 saturated carbocycles. The first kappa shape index (κ1) is 10.4. The molecule has 0 aliphatic carbocycles. The van der Waals surface area contributed by atoms with Crippen LogP contribution in [0.2, 0.25) is 0 Å². The van der Waals surface area contributed by atoms with Gasteiger partial charge < -0.3 is 5.73 Å². The SMILES string of the molecule is NC(c1ccsc1)c1ccc2cccnc2c1. The largest absolute Gasteiger partial charge is 0.320 e. The molecule has 0 radical (unpaired) electrons. The summed E-state index contributed by atoms with van der Waals surface area (Å²) in [5.41, 5.74) is 9.49. The van der Waals surface area contributed by atoms with E-state index in [4.69, 9.17) is 5.73 Å². The molecule has 17 heavy (non-hydrogen) atoms. The monoisotopic (exact) mass is 240 g/mol. The molecule has 3 heteroatoms. The number of thiophene rings is 1. The third-order valence-electron chi connectivity index (χ3n) is 2.89. The lowest BCUT2D eigenvalue weighted by Crippen LogP contribution is -2.10. The van der Waals surface area contributed by atoms with Crippen LogP contribution in [0.1, 0.15) is 17.2 Å². The Morgan fingerprint density at radius 1 is 1.12 bits per heavy atom. The van der Waals surface area contributed by atoms with Crippen LogP contribution in [0, 0.1) is 0 Å². The molecule has 0 amide bonds. The van der Waals surface area contributed by atoms with Gasteiger partial charge in [-0.1, -0.05) is 18.2 Å².